The highest BCUT2D eigenvalue weighted by Crippen LogP contribution is 2.30. The van der Waals surface area contributed by atoms with Crippen LogP contribution in [-0.2, 0) is 4.79 Å². The second kappa shape index (κ2) is 7.98. The lowest BCUT2D eigenvalue weighted by molar-refractivity contribution is -0.111. The zero-order valence-corrected chi connectivity index (χ0v) is 16.0. The molecular weight excluding hydrogens is 384 g/mol. The average Bonchev–Trinajstić information content (AvgIpc) is 3.43. The SMILES string of the molecule is O=C(Nc1ncc(Cl)s1)C(=CC1CCCC1)c1ccc(-n2cncn2)nc1. The van der Waals surface area contributed by atoms with Gasteiger partial charge in [0.2, 0.25) is 0 Å². The number of carbonyl (C=O) groups excluding carboxylic acids is 1. The summed E-state index contributed by atoms with van der Waals surface area (Å²) in [5.41, 5.74) is 1.36. The van der Waals surface area contributed by atoms with Gasteiger partial charge in [-0.1, -0.05) is 41.9 Å². The fourth-order valence-corrected chi connectivity index (χ4v) is 3.95. The Balaban J connectivity index is 1.62. The molecular formula is C18H17ClN6OS. The highest BCUT2D eigenvalue weighted by molar-refractivity contribution is 7.19. The molecule has 0 radical (unpaired) electrons. The van der Waals surface area contributed by atoms with Crippen LogP contribution in [-0.4, -0.2) is 30.6 Å². The molecule has 1 fully saturated rings. The van der Waals surface area contributed by atoms with Gasteiger partial charge in [-0.3, -0.25) is 10.1 Å². The number of anilines is 1. The van der Waals surface area contributed by atoms with Gasteiger partial charge in [-0.15, -0.1) is 0 Å². The van der Waals surface area contributed by atoms with Gasteiger partial charge in [0.1, 0.15) is 17.0 Å². The van der Waals surface area contributed by atoms with Gasteiger partial charge in [0.15, 0.2) is 10.9 Å². The van der Waals surface area contributed by atoms with Crippen LogP contribution < -0.4 is 5.32 Å². The topological polar surface area (TPSA) is 85.6 Å². The molecule has 0 aliphatic heterocycles. The predicted octanol–water partition coefficient (Wildman–Crippen LogP) is 3.98. The van der Waals surface area contributed by atoms with Crippen LogP contribution in [0, 0.1) is 5.92 Å². The summed E-state index contributed by atoms with van der Waals surface area (Å²) >= 11 is 7.14. The molecule has 0 spiro atoms. The number of allylic oxidation sites excluding steroid dienone is 1. The summed E-state index contributed by atoms with van der Waals surface area (Å²) in [6, 6.07) is 3.69. The number of nitrogens with zero attached hydrogens (tertiary/aromatic N) is 5. The Labute approximate surface area is 165 Å². The Morgan fingerprint density at radius 1 is 1.26 bits per heavy atom. The molecule has 0 saturated heterocycles. The van der Waals surface area contributed by atoms with E-state index in [1.54, 1.807) is 17.2 Å². The Bertz CT molecular complexity index is 945. The zero-order chi connectivity index (χ0) is 18.6. The van der Waals surface area contributed by atoms with Crippen LogP contribution in [0.2, 0.25) is 4.34 Å². The van der Waals surface area contributed by atoms with E-state index in [0.717, 1.165) is 18.4 Å². The van der Waals surface area contributed by atoms with Gasteiger partial charge in [-0.2, -0.15) is 5.10 Å². The van der Waals surface area contributed by atoms with Crippen LogP contribution in [0.5, 0.6) is 0 Å². The molecule has 9 heteroatoms. The van der Waals surface area contributed by atoms with Crippen molar-refractivity contribution in [2.24, 2.45) is 5.92 Å². The molecule has 27 heavy (non-hydrogen) atoms. The first-order chi connectivity index (χ1) is 13.2. The third-order valence-electron chi connectivity index (χ3n) is 4.46. The van der Waals surface area contributed by atoms with E-state index in [4.69, 9.17) is 11.6 Å². The number of hydrogen-bond acceptors (Lipinski definition) is 6. The molecule has 1 N–H and O–H groups in total. The summed E-state index contributed by atoms with van der Waals surface area (Å²) in [7, 11) is 0. The van der Waals surface area contributed by atoms with Crippen LogP contribution in [0.25, 0.3) is 11.4 Å². The Hall–Kier alpha value is -2.58. The molecule has 1 aliphatic rings. The molecule has 3 aromatic heterocycles. The third-order valence-corrected chi connectivity index (χ3v) is 5.49. The number of aromatic nitrogens is 5. The summed E-state index contributed by atoms with van der Waals surface area (Å²) in [5, 5.41) is 7.39. The summed E-state index contributed by atoms with van der Waals surface area (Å²) < 4.78 is 2.10. The van der Waals surface area contributed by atoms with E-state index in [9.17, 15) is 4.79 Å². The van der Waals surface area contributed by atoms with Gasteiger partial charge < -0.3 is 0 Å². The first-order valence-electron chi connectivity index (χ1n) is 8.65. The molecule has 0 unspecified atom stereocenters. The van der Waals surface area contributed by atoms with Crippen LogP contribution >= 0.6 is 22.9 Å². The van der Waals surface area contributed by atoms with Crippen molar-refractivity contribution in [1.29, 1.82) is 0 Å². The summed E-state index contributed by atoms with van der Waals surface area (Å²) in [6.45, 7) is 0. The van der Waals surface area contributed by atoms with Crippen molar-refractivity contribution in [3.8, 4) is 5.82 Å². The largest absolute Gasteiger partial charge is 0.298 e. The van der Waals surface area contributed by atoms with E-state index in [0.29, 0.717) is 26.8 Å². The number of hydrogen-bond donors (Lipinski definition) is 1. The lowest BCUT2D eigenvalue weighted by Crippen LogP contribution is -2.15. The van der Waals surface area contributed by atoms with Crippen molar-refractivity contribution in [3.05, 3.63) is 53.2 Å². The Morgan fingerprint density at radius 2 is 2.11 bits per heavy atom. The lowest BCUT2D eigenvalue weighted by atomic mass is 9.99. The first-order valence-corrected chi connectivity index (χ1v) is 9.84. The third kappa shape index (κ3) is 4.23. The summed E-state index contributed by atoms with van der Waals surface area (Å²) in [4.78, 5) is 25.4. The van der Waals surface area contributed by atoms with Crippen LogP contribution in [0.4, 0.5) is 5.13 Å². The van der Waals surface area contributed by atoms with Crippen molar-refractivity contribution in [1.82, 2.24) is 24.7 Å². The number of carbonyl (C=O) groups is 1. The van der Waals surface area contributed by atoms with Crippen LogP contribution in [0.3, 0.4) is 0 Å². The van der Waals surface area contributed by atoms with E-state index in [1.807, 2.05) is 12.1 Å². The minimum Gasteiger partial charge on any atom is -0.298 e. The quantitative estimate of drug-likeness (QED) is 0.654. The normalized spacial score (nSPS) is 15.2. The molecule has 0 atom stereocenters. The number of nitrogens with one attached hydrogen (secondary N) is 1. The molecule has 4 rings (SSSR count). The molecule has 3 heterocycles. The Kier molecular flexibility index (Phi) is 5.26. The fourth-order valence-electron chi connectivity index (χ4n) is 3.15. The van der Waals surface area contributed by atoms with Crippen LogP contribution in [0.1, 0.15) is 31.2 Å². The van der Waals surface area contributed by atoms with Gasteiger partial charge in [0.25, 0.3) is 5.91 Å². The lowest BCUT2D eigenvalue weighted by Gasteiger charge is -2.11. The standard InChI is InChI=1S/C18H17ClN6OS/c19-15-9-22-18(27-15)24-17(26)14(7-12-3-1-2-4-12)13-5-6-16(21-8-13)25-11-20-10-23-25/h5-12H,1-4H2,(H,22,24,26). The van der Waals surface area contributed by atoms with E-state index in [-0.39, 0.29) is 5.91 Å². The van der Waals surface area contributed by atoms with E-state index in [1.165, 1.54) is 36.7 Å². The van der Waals surface area contributed by atoms with Gasteiger partial charge >= 0.3 is 0 Å². The number of amides is 1. The predicted molar refractivity (Wildman–Crippen MR) is 105 cm³/mol. The van der Waals surface area contributed by atoms with Crippen molar-refractivity contribution in [2.75, 3.05) is 5.32 Å². The van der Waals surface area contributed by atoms with Gasteiger partial charge in [0.05, 0.1) is 6.20 Å². The summed E-state index contributed by atoms with van der Waals surface area (Å²) in [6.07, 6.45) is 12.9. The number of pyridine rings is 1. The van der Waals surface area contributed by atoms with Crippen LogP contribution in [0.15, 0.2) is 43.3 Å². The number of thiazole rings is 1. The molecule has 1 aliphatic carbocycles. The highest BCUT2D eigenvalue weighted by atomic mass is 35.5. The van der Waals surface area contributed by atoms with Crippen molar-refractivity contribution >= 4 is 39.5 Å². The molecule has 7 nitrogen and oxygen atoms in total. The first kappa shape index (κ1) is 17.8. The van der Waals surface area contributed by atoms with Gasteiger partial charge in [-0.25, -0.2) is 19.6 Å². The number of halogens is 1. The molecule has 0 aromatic carbocycles. The smallest absolute Gasteiger partial charge is 0.257 e. The molecule has 1 saturated carbocycles. The highest BCUT2D eigenvalue weighted by Gasteiger charge is 2.19. The van der Waals surface area contributed by atoms with Crippen molar-refractivity contribution in [2.45, 2.75) is 25.7 Å². The number of rotatable bonds is 5. The second-order valence-corrected chi connectivity index (χ2v) is 7.96. The maximum Gasteiger partial charge on any atom is 0.257 e. The molecule has 1 amide bonds. The van der Waals surface area contributed by atoms with E-state index < -0.39 is 0 Å². The zero-order valence-electron chi connectivity index (χ0n) is 14.4. The molecule has 0 bridgehead atoms. The fraction of sp³-hybridized carbons (Fsp3) is 0.278. The minimum atomic E-state index is -0.205. The summed E-state index contributed by atoms with van der Waals surface area (Å²) in [5.74, 6) is 0.840. The van der Waals surface area contributed by atoms with Crippen molar-refractivity contribution < 1.29 is 4.79 Å². The maximum atomic E-state index is 12.9. The maximum absolute atomic E-state index is 12.9. The monoisotopic (exact) mass is 400 g/mol. The molecule has 3 aromatic rings. The average molecular weight is 401 g/mol. The molecule has 138 valence electrons. The Morgan fingerprint density at radius 3 is 2.74 bits per heavy atom. The minimum absolute atomic E-state index is 0.205. The van der Waals surface area contributed by atoms with E-state index in [2.05, 4.69) is 31.4 Å². The second-order valence-electron chi connectivity index (χ2n) is 6.29. The van der Waals surface area contributed by atoms with E-state index >= 15 is 0 Å². The van der Waals surface area contributed by atoms with Gasteiger partial charge in [-0.05, 0) is 30.9 Å². The van der Waals surface area contributed by atoms with Crippen molar-refractivity contribution in [3.63, 3.8) is 0 Å². The van der Waals surface area contributed by atoms with Gasteiger partial charge in [0, 0.05) is 17.3 Å².